The predicted octanol–water partition coefficient (Wildman–Crippen LogP) is 0.00160. The third kappa shape index (κ3) is 31.6. The topological polar surface area (TPSA) is 104 Å². The number of nitrogens with one attached hydrogen (secondary N) is 1. The summed E-state index contributed by atoms with van der Waals surface area (Å²) in [6, 6.07) is 0. The summed E-state index contributed by atoms with van der Waals surface area (Å²) in [6.07, 6.45) is 0. The largest absolute Gasteiger partial charge is 0.382 e. The summed E-state index contributed by atoms with van der Waals surface area (Å²) in [6.45, 7) is 12.0. The molecular weight excluding hydrogens is 438 g/mol. The van der Waals surface area contributed by atoms with Crippen molar-refractivity contribution in [2.24, 2.45) is 0 Å². The Labute approximate surface area is 199 Å². The molecule has 0 aliphatic carbocycles. The summed E-state index contributed by atoms with van der Waals surface area (Å²) in [5, 5.41) is 3.26. The van der Waals surface area contributed by atoms with Crippen LogP contribution in [0.2, 0.25) is 0 Å². The maximum absolute atomic E-state index is 5.49. The van der Waals surface area contributed by atoms with E-state index < -0.39 is 0 Å². The Morgan fingerprint density at radius 3 is 0.758 bits per heavy atom. The fourth-order valence-electron chi connectivity index (χ4n) is 2.22. The smallest absolute Gasteiger partial charge is 0.0701 e. The van der Waals surface area contributed by atoms with Crippen molar-refractivity contribution in [1.29, 1.82) is 0 Å². The van der Waals surface area contributed by atoms with E-state index in [1.54, 1.807) is 14.2 Å². The summed E-state index contributed by atoms with van der Waals surface area (Å²) in [5.41, 5.74) is 0. The zero-order valence-electron chi connectivity index (χ0n) is 20.7. The maximum atomic E-state index is 5.49. The summed E-state index contributed by atoms with van der Waals surface area (Å²) in [4.78, 5) is 0. The van der Waals surface area contributed by atoms with E-state index in [2.05, 4.69) is 5.32 Å². The molecule has 0 heterocycles. The first-order valence-corrected chi connectivity index (χ1v) is 11.7. The zero-order chi connectivity index (χ0) is 23.9. The molecule has 0 unspecified atom stereocenters. The van der Waals surface area contributed by atoms with Crippen LogP contribution in [-0.2, 0) is 47.4 Å². The van der Waals surface area contributed by atoms with Gasteiger partial charge in [-0.2, -0.15) is 0 Å². The van der Waals surface area contributed by atoms with Gasteiger partial charge in [-0.3, -0.25) is 0 Å². The third-order valence-corrected chi connectivity index (χ3v) is 3.94. The first-order valence-electron chi connectivity index (χ1n) is 11.7. The molecule has 11 nitrogen and oxygen atoms in total. The Hall–Kier alpha value is -0.440. The molecule has 1 N–H and O–H groups in total. The van der Waals surface area contributed by atoms with Gasteiger partial charge in [0.25, 0.3) is 0 Å². The molecule has 0 aromatic rings. The van der Waals surface area contributed by atoms with E-state index in [1.807, 2.05) is 0 Å². The molecular formula is C22H47NO10. The first kappa shape index (κ1) is 32.6. The van der Waals surface area contributed by atoms with Gasteiger partial charge in [-0.05, 0) is 0 Å². The average molecular weight is 486 g/mol. The predicted molar refractivity (Wildman–Crippen MR) is 123 cm³/mol. The fourth-order valence-corrected chi connectivity index (χ4v) is 2.22. The Morgan fingerprint density at radius 2 is 0.515 bits per heavy atom. The number of rotatable bonds is 30. The number of methoxy groups -OCH3 is 2. The Balaban J connectivity index is 2.99. The van der Waals surface area contributed by atoms with Crippen molar-refractivity contribution in [3.8, 4) is 0 Å². The second-order valence-corrected chi connectivity index (χ2v) is 6.63. The normalized spacial score (nSPS) is 11.5. The van der Waals surface area contributed by atoms with Crippen LogP contribution in [0.25, 0.3) is 0 Å². The molecule has 11 heteroatoms. The lowest BCUT2D eigenvalue weighted by Gasteiger charge is -2.09. The van der Waals surface area contributed by atoms with E-state index in [-0.39, 0.29) is 0 Å². The van der Waals surface area contributed by atoms with Gasteiger partial charge in [0.1, 0.15) is 0 Å². The van der Waals surface area contributed by atoms with Gasteiger partial charge in [-0.1, -0.05) is 0 Å². The molecule has 0 radical (unpaired) electrons. The van der Waals surface area contributed by atoms with Gasteiger partial charge in [0, 0.05) is 27.3 Å². The van der Waals surface area contributed by atoms with Crippen LogP contribution in [0, 0.1) is 0 Å². The van der Waals surface area contributed by atoms with E-state index >= 15 is 0 Å². The van der Waals surface area contributed by atoms with Crippen LogP contribution in [-0.4, -0.2) is 146 Å². The molecule has 200 valence electrons. The molecule has 0 saturated carbocycles. The summed E-state index contributed by atoms with van der Waals surface area (Å²) in [5.74, 6) is 0. The minimum atomic E-state index is 0.554. The van der Waals surface area contributed by atoms with Crippen LogP contribution in [0.3, 0.4) is 0 Å². The molecule has 0 fully saturated rings. The van der Waals surface area contributed by atoms with Crippen LogP contribution < -0.4 is 5.32 Å². The highest BCUT2D eigenvalue weighted by Gasteiger charge is 1.95. The van der Waals surface area contributed by atoms with Crippen LogP contribution in [0.5, 0.6) is 0 Å². The highest BCUT2D eigenvalue weighted by Crippen LogP contribution is 1.84. The van der Waals surface area contributed by atoms with Gasteiger partial charge in [0.05, 0.1) is 119 Å². The minimum Gasteiger partial charge on any atom is -0.382 e. The van der Waals surface area contributed by atoms with Crippen molar-refractivity contribution in [2.45, 2.75) is 0 Å². The molecule has 0 aromatic carbocycles. The van der Waals surface area contributed by atoms with E-state index in [0.29, 0.717) is 119 Å². The van der Waals surface area contributed by atoms with E-state index in [0.717, 1.165) is 13.1 Å². The molecule has 0 spiro atoms. The van der Waals surface area contributed by atoms with Gasteiger partial charge >= 0.3 is 0 Å². The third-order valence-electron chi connectivity index (χ3n) is 3.94. The van der Waals surface area contributed by atoms with E-state index in [9.17, 15) is 0 Å². The molecule has 0 amide bonds. The van der Waals surface area contributed by atoms with Crippen LogP contribution in [0.1, 0.15) is 0 Å². The van der Waals surface area contributed by atoms with Crippen LogP contribution >= 0.6 is 0 Å². The average Bonchev–Trinajstić information content (AvgIpc) is 2.83. The molecule has 33 heavy (non-hydrogen) atoms. The Kier molecular flexibility index (Phi) is 31.1. The first-order chi connectivity index (χ1) is 16.4. The summed E-state index contributed by atoms with van der Waals surface area (Å²) in [7, 11) is 3.30. The maximum Gasteiger partial charge on any atom is 0.0701 e. The molecule has 0 aliphatic rings. The second-order valence-electron chi connectivity index (χ2n) is 6.63. The second kappa shape index (κ2) is 31.6. The number of hydrogen-bond acceptors (Lipinski definition) is 11. The fraction of sp³-hybridized carbons (Fsp3) is 1.00. The van der Waals surface area contributed by atoms with E-state index in [1.165, 1.54) is 0 Å². The molecule has 0 saturated heterocycles. The number of ether oxygens (including phenoxy) is 10. The van der Waals surface area contributed by atoms with Crippen LogP contribution in [0.15, 0.2) is 0 Å². The molecule has 0 aliphatic heterocycles. The Bertz CT molecular complexity index is 312. The van der Waals surface area contributed by atoms with Crippen molar-refractivity contribution < 1.29 is 47.4 Å². The van der Waals surface area contributed by atoms with Gasteiger partial charge in [0.2, 0.25) is 0 Å². The molecule has 0 atom stereocenters. The van der Waals surface area contributed by atoms with Crippen LogP contribution in [0.4, 0.5) is 0 Å². The summed E-state index contributed by atoms with van der Waals surface area (Å²) >= 11 is 0. The van der Waals surface area contributed by atoms with Crippen molar-refractivity contribution in [2.75, 3.05) is 146 Å². The molecule has 0 aromatic heterocycles. The van der Waals surface area contributed by atoms with Crippen molar-refractivity contribution in [1.82, 2.24) is 5.32 Å². The molecule has 0 rings (SSSR count). The quantitative estimate of drug-likeness (QED) is 0.139. The van der Waals surface area contributed by atoms with Crippen molar-refractivity contribution >= 4 is 0 Å². The Morgan fingerprint density at radius 1 is 0.303 bits per heavy atom. The highest BCUT2D eigenvalue weighted by atomic mass is 16.6. The van der Waals surface area contributed by atoms with Crippen molar-refractivity contribution in [3.05, 3.63) is 0 Å². The monoisotopic (exact) mass is 485 g/mol. The van der Waals surface area contributed by atoms with Gasteiger partial charge < -0.3 is 52.7 Å². The van der Waals surface area contributed by atoms with Gasteiger partial charge in [0.15, 0.2) is 0 Å². The lowest BCUT2D eigenvalue weighted by Crippen LogP contribution is -2.25. The van der Waals surface area contributed by atoms with Gasteiger partial charge in [-0.25, -0.2) is 0 Å². The lowest BCUT2D eigenvalue weighted by atomic mass is 10.6. The van der Waals surface area contributed by atoms with Gasteiger partial charge in [-0.15, -0.1) is 0 Å². The molecule has 0 bridgehead atoms. The lowest BCUT2D eigenvalue weighted by molar-refractivity contribution is -0.00869. The standard InChI is InChI=1S/C22H47NO10/c1-24-7-9-28-15-17-32-21-19-30-13-11-26-5-3-23-4-6-27-12-14-31-20-22-33-18-16-29-10-8-25-2/h23H,3-22H2,1-2H3. The summed E-state index contributed by atoms with van der Waals surface area (Å²) < 4.78 is 53.0. The minimum absolute atomic E-state index is 0.554. The SMILES string of the molecule is COCCOCCOCCOCCOCCNCCOCCOCCOCCOCCOC. The van der Waals surface area contributed by atoms with Crippen molar-refractivity contribution in [3.63, 3.8) is 0 Å². The highest BCUT2D eigenvalue weighted by molar-refractivity contribution is 4.45. The zero-order valence-corrected chi connectivity index (χ0v) is 20.7. The van der Waals surface area contributed by atoms with E-state index in [4.69, 9.17) is 47.4 Å². The number of hydrogen-bond donors (Lipinski definition) is 1.